The van der Waals surface area contributed by atoms with Crippen LogP contribution in [0.3, 0.4) is 0 Å². The number of carboxylic acid groups (broad SMARTS) is 1. The highest BCUT2D eigenvalue weighted by molar-refractivity contribution is 5.94. The van der Waals surface area contributed by atoms with E-state index in [1.54, 1.807) is 7.11 Å². The highest BCUT2D eigenvalue weighted by atomic mass is 16.5. The van der Waals surface area contributed by atoms with Crippen LogP contribution in [-0.2, 0) is 11.3 Å². The summed E-state index contributed by atoms with van der Waals surface area (Å²) in [6.45, 7) is 0.508. The largest absolute Gasteiger partial charge is 0.478 e. The van der Waals surface area contributed by atoms with Gasteiger partial charge in [0.05, 0.1) is 24.1 Å². The van der Waals surface area contributed by atoms with Crippen molar-refractivity contribution < 1.29 is 14.6 Å². The molecule has 0 unspecified atom stereocenters. The molecule has 0 amide bonds. The summed E-state index contributed by atoms with van der Waals surface area (Å²) < 4.78 is 5.06. The first kappa shape index (κ1) is 13.0. The second-order valence-corrected chi connectivity index (χ2v) is 3.98. The second kappa shape index (κ2) is 5.97. The molecule has 0 aliphatic carbocycles. The molecule has 0 saturated heterocycles. The van der Waals surface area contributed by atoms with Crippen molar-refractivity contribution in [3.05, 3.63) is 53.9 Å². The lowest BCUT2D eigenvalue weighted by Crippen LogP contribution is -2.03. The van der Waals surface area contributed by atoms with E-state index in [0.29, 0.717) is 12.3 Å². The molecule has 2 N–H and O–H groups in total. The quantitative estimate of drug-likeness (QED) is 0.862. The number of anilines is 2. The van der Waals surface area contributed by atoms with Crippen molar-refractivity contribution in [2.45, 2.75) is 6.61 Å². The molecule has 0 saturated carbocycles. The number of hydrogen-bond donors (Lipinski definition) is 2. The minimum Gasteiger partial charge on any atom is -0.478 e. The number of carboxylic acids is 1. The van der Waals surface area contributed by atoms with Crippen molar-refractivity contribution >= 4 is 17.3 Å². The Hall–Kier alpha value is -2.40. The number of methoxy groups -OCH3 is 1. The molecule has 0 aliphatic rings. The van der Waals surface area contributed by atoms with Crippen molar-refractivity contribution in [1.82, 2.24) is 4.98 Å². The molecule has 5 heteroatoms. The minimum absolute atomic E-state index is 0.187. The van der Waals surface area contributed by atoms with Crippen LogP contribution in [0.4, 0.5) is 11.4 Å². The maximum Gasteiger partial charge on any atom is 0.337 e. The van der Waals surface area contributed by atoms with Crippen LogP contribution in [0.15, 0.2) is 42.7 Å². The molecule has 2 aromatic rings. The summed E-state index contributed by atoms with van der Waals surface area (Å²) >= 11 is 0. The van der Waals surface area contributed by atoms with Gasteiger partial charge in [0.15, 0.2) is 0 Å². The number of aromatic nitrogens is 1. The predicted octanol–water partition coefficient (Wildman–Crippen LogP) is 2.67. The Balaban J connectivity index is 2.26. The van der Waals surface area contributed by atoms with Gasteiger partial charge in [-0.3, -0.25) is 4.98 Å². The molecule has 1 heterocycles. The lowest BCUT2D eigenvalue weighted by Gasteiger charge is -2.10. The maximum atomic E-state index is 11.1. The topological polar surface area (TPSA) is 71.5 Å². The van der Waals surface area contributed by atoms with Crippen molar-refractivity contribution in [3.8, 4) is 0 Å². The summed E-state index contributed by atoms with van der Waals surface area (Å²) in [6.07, 6.45) is 2.95. The number of pyridine rings is 1. The Morgan fingerprint density at radius 2 is 2.26 bits per heavy atom. The van der Waals surface area contributed by atoms with Crippen LogP contribution in [-0.4, -0.2) is 23.2 Å². The van der Waals surface area contributed by atoms with Crippen LogP contribution in [0, 0.1) is 0 Å². The zero-order valence-electron chi connectivity index (χ0n) is 10.5. The van der Waals surface area contributed by atoms with E-state index < -0.39 is 5.97 Å². The molecule has 0 aliphatic heterocycles. The van der Waals surface area contributed by atoms with E-state index in [1.807, 2.05) is 24.3 Å². The van der Waals surface area contributed by atoms with E-state index in [1.165, 1.54) is 18.5 Å². The van der Waals surface area contributed by atoms with Gasteiger partial charge in [-0.05, 0) is 23.8 Å². The molecule has 98 valence electrons. The summed E-state index contributed by atoms with van der Waals surface area (Å²) in [6, 6.07) is 9.05. The minimum atomic E-state index is -0.988. The Labute approximate surface area is 110 Å². The molecular formula is C14H14N2O3. The molecule has 1 aromatic carbocycles. The molecule has 0 bridgehead atoms. The Morgan fingerprint density at radius 3 is 3.00 bits per heavy atom. The first-order valence-corrected chi connectivity index (χ1v) is 5.73. The number of nitrogens with zero attached hydrogens (tertiary/aromatic N) is 1. The molecule has 0 fully saturated rings. The van der Waals surface area contributed by atoms with Crippen LogP contribution in [0.25, 0.3) is 0 Å². The van der Waals surface area contributed by atoms with Gasteiger partial charge in [0.1, 0.15) is 0 Å². The lowest BCUT2D eigenvalue weighted by atomic mass is 10.2. The van der Waals surface area contributed by atoms with Crippen LogP contribution in [0.2, 0.25) is 0 Å². The Kier molecular flexibility index (Phi) is 4.10. The summed E-state index contributed by atoms with van der Waals surface area (Å²) in [4.78, 5) is 15.0. The number of hydrogen-bond acceptors (Lipinski definition) is 4. The maximum absolute atomic E-state index is 11.1. The molecule has 1 aromatic heterocycles. The molecule has 5 nitrogen and oxygen atoms in total. The Morgan fingerprint density at radius 1 is 1.42 bits per heavy atom. The van der Waals surface area contributed by atoms with E-state index in [0.717, 1.165) is 11.3 Å². The second-order valence-electron chi connectivity index (χ2n) is 3.98. The van der Waals surface area contributed by atoms with Gasteiger partial charge >= 0.3 is 5.97 Å². The summed E-state index contributed by atoms with van der Waals surface area (Å²) in [5.41, 5.74) is 2.45. The number of aromatic carboxylic acids is 1. The van der Waals surface area contributed by atoms with Gasteiger partial charge in [0.25, 0.3) is 0 Å². The molecule has 0 radical (unpaired) electrons. The van der Waals surface area contributed by atoms with Crippen molar-refractivity contribution in [3.63, 3.8) is 0 Å². The van der Waals surface area contributed by atoms with E-state index in [9.17, 15) is 4.79 Å². The molecule has 0 spiro atoms. The standard InChI is InChI=1S/C14H14N2O3/c1-19-9-10-3-2-4-11(7-10)16-13-8-15-6-5-12(13)14(17)18/h2-8,16H,9H2,1H3,(H,17,18). The van der Waals surface area contributed by atoms with Gasteiger partial charge in [0, 0.05) is 19.0 Å². The number of nitrogens with one attached hydrogen (secondary N) is 1. The first-order chi connectivity index (χ1) is 9.20. The molecule has 19 heavy (non-hydrogen) atoms. The number of ether oxygens (including phenoxy) is 1. The summed E-state index contributed by atoms with van der Waals surface area (Å²) in [5, 5.41) is 12.1. The molecule has 0 atom stereocenters. The normalized spacial score (nSPS) is 10.2. The number of rotatable bonds is 5. The summed E-state index contributed by atoms with van der Waals surface area (Å²) in [5.74, 6) is -0.988. The van der Waals surface area contributed by atoms with Gasteiger partial charge < -0.3 is 15.2 Å². The van der Waals surface area contributed by atoms with E-state index in [2.05, 4.69) is 10.3 Å². The first-order valence-electron chi connectivity index (χ1n) is 5.73. The van der Waals surface area contributed by atoms with Crippen molar-refractivity contribution in [2.75, 3.05) is 12.4 Å². The average molecular weight is 258 g/mol. The summed E-state index contributed by atoms with van der Waals surface area (Å²) in [7, 11) is 1.63. The van der Waals surface area contributed by atoms with E-state index in [4.69, 9.17) is 9.84 Å². The third-order valence-electron chi connectivity index (χ3n) is 2.57. The fourth-order valence-electron chi connectivity index (χ4n) is 1.74. The van der Waals surface area contributed by atoms with Gasteiger partial charge in [-0.1, -0.05) is 12.1 Å². The van der Waals surface area contributed by atoms with Gasteiger partial charge in [-0.15, -0.1) is 0 Å². The fraction of sp³-hybridized carbons (Fsp3) is 0.143. The number of benzene rings is 1. The van der Waals surface area contributed by atoms with Crippen LogP contribution in [0.1, 0.15) is 15.9 Å². The third-order valence-corrected chi connectivity index (χ3v) is 2.57. The van der Waals surface area contributed by atoms with E-state index in [-0.39, 0.29) is 5.56 Å². The lowest BCUT2D eigenvalue weighted by molar-refractivity contribution is 0.0698. The van der Waals surface area contributed by atoms with Crippen LogP contribution in [0.5, 0.6) is 0 Å². The molecular weight excluding hydrogens is 244 g/mol. The SMILES string of the molecule is COCc1cccc(Nc2cnccc2C(=O)O)c1. The zero-order valence-corrected chi connectivity index (χ0v) is 10.5. The predicted molar refractivity (Wildman–Crippen MR) is 71.6 cm³/mol. The highest BCUT2D eigenvalue weighted by Gasteiger charge is 2.09. The average Bonchev–Trinajstić information content (AvgIpc) is 2.40. The van der Waals surface area contributed by atoms with Crippen molar-refractivity contribution in [1.29, 1.82) is 0 Å². The van der Waals surface area contributed by atoms with Gasteiger partial charge in [0.2, 0.25) is 0 Å². The Bertz CT molecular complexity index is 584. The monoisotopic (exact) mass is 258 g/mol. The van der Waals surface area contributed by atoms with Crippen LogP contribution < -0.4 is 5.32 Å². The van der Waals surface area contributed by atoms with Crippen LogP contribution >= 0.6 is 0 Å². The van der Waals surface area contributed by atoms with Gasteiger partial charge in [-0.2, -0.15) is 0 Å². The number of carbonyl (C=O) groups is 1. The molecule has 2 rings (SSSR count). The van der Waals surface area contributed by atoms with E-state index >= 15 is 0 Å². The third kappa shape index (κ3) is 3.29. The van der Waals surface area contributed by atoms with Crippen molar-refractivity contribution in [2.24, 2.45) is 0 Å². The highest BCUT2D eigenvalue weighted by Crippen LogP contribution is 2.21. The zero-order chi connectivity index (χ0) is 13.7. The smallest absolute Gasteiger partial charge is 0.337 e. The van der Waals surface area contributed by atoms with Gasteiger partial charge in [-0.25, -0.2) is 4.79 Å². The fourth-order valence-corrected chi connectivity index (χ4v) is 1.74.